The molecule has 0 atom stereocenters. The number of benzene rings is 10. The lowest BCUT2D eigenvalue weighted by atomic mass is 9.65. The predicted molar refractivity (Wildman–Crippen MR) is 254 cm³/mol. The summed E-state index contributed by atoms with van der Waals surface area (Å²) in [7, 11) is 0. The van der Waals surface area contributed by atoms with E-state index < -0.39 is 5.41 Å². The van der Waals surface area contributed by atoms with Crippen LogP contribution in [0.3, 0.4) is 0 Å². The molecule has 0 saturated heterocycles. The smallest absolute Gasteiger partial charge is 0.160 e. The normalized spacial score (nSPS) is 13.1. The number of rotatable bonds is 4. The van der Waals surface area contributed by atoms with Gasteiger partial charge in [0.05, 0.1) is 16.6 Å². The molecule has 0 saturated carbocycles. The Bertz CT molecular complexity index is 3510. The zero-order valence-electron chi connectivity index (χ0n) is 33.6. The highest BCUT2D eigenvalue weighted by Crippen LogP contribution is 2.64. The van der Waals surface area contributed by atoms with E-state index in [1.807, 2.05) is 12.1 Å². The van der Waals surface area contributed by atoms with E-state index in [0.29, 0.717) is 5.82 Å². The quantitative estimate of drug-likeness (QED) is 0.178. The van der Waals surface area contributed by atoms with Gasteiger partial charge in [-0.3, -0.25) is 0 Å². The Balaban J connectivity index is 0.964. The van der Waals surface area contributed by atoms with Gasteiger partial charge in [-0.15, -0.1) is 0 Å². The number of hydrogen-bond donors (Lipinski definition) is 0. The van der Waals surface area contributed by atoms with E-state index in [4.69, 9.17) is 14.7 Å². The minimum Gasteiger partial charge on any atom is -0.455 e. The summed E-state index contributed by atoms with van der Waals surface area (Å²) in [6, 6.07) is 78.5. The van der Waals surface area contributed by atoms with Crippen LogP contribution in [0.4, 0.5) is 0 Å². The van der Waals surface area contributed by atoms with E-state index in [9.17, 15) is 0 Å². The van der Waals surface area contributed by atoms with E-state index in [1.165, 1.54) is 44.5 Å². The maximum atomic E-state index is 7.17. The topological polar surface area (TPSA) is 35.0 Å². The SMILES string of the molecule is c1ccc(-c2ccc(-c3nc(-c4ccc(-c5ccc6c(c5)C5(c7ccccc7-6)c6ccc7ccccc7c6Oc6c5ccc5ccccc65)cc4)c4ccccc4n3)cc2)cc1. The van der Waals surface area contributed by atoms with E-state index in [2.05, 4.69) is 206 Å². The Morgan fingerprint density at radius 2 is 0.839 bits per heavy atom. The van der Waals surface area contributed by atoms with Crippen molar-refractivity contribution in [2.24, 2.45) is 0 Å². The van der Waals surface area contributed by atoms with Crippen LogP contribution in [-0.2, 0) is 5.41 Å². The average Bonchev–Trinajstić information content (AvgIpc) is 3.63. The highest BCUT2D eigenvalue weighted by Gasteiger charge is 2.51. The molecule has 3 heteroatoms. The molecule has 11 aromatic rings. The molecule has 2 aliphatic rings. The van der Waals surface area contributed by atoms with Crippen LogP contribution in [0, 0.1) is 0 Å². The fourth-order valence-electron chi connectivity index (χ4n) is 10.3. The van der Waals surface area contributed by atoms with Crippen molar-refractivity contribution in [2.45, 2.75) is 5.41 Å². The molecule has 1 aliphatic carbocycles. The number of fused-ring (bicyclic) bond motifs is 14. The zero-order valence-corrected chi connectivity index (χ0v) is 33.6. The summed E-state index contributed by atoms with van der Waals surface area (Å²) < 4.78 is 7.17. The lowest BCUT2D eigenvalue weighted by Gasteiger charge is -2.40. The van der Waals surface area contributed by atoms with Crippen LogP contribution in [-0.4, -0.2) is 9.97 Å². The van der Waals surface area contributed by atoms with Crippen molar-refractivity contribution < 1.29 is 4.74 Å². The summed E-state index contributed by atoms with van der Waals surface area (Å²) in [4.78, 5) is 10.3. The van der Waals surface area contributed by atoms with Gasteiger partial charge >= 0.3 is 0 Å². The third-order valence-electron chi connectivity index (χ3n) is 13.2. The number of ether oxygens (including phenoxy) is 1. The van der Waals surface area contributed by atoms with Gasteiger partial charge in [-0.05, 0) is 67.4 Å². The second kappa shape index (κ2) is 13.4. The Kier molecular flexibility index (Phi) is 7.52. The van der Waals surface area contributed by atoms with Crippen LogP contribution < -0.4 is 4.74 Å². The maximum absolute atomic E-state index is 7.17. The molecule has 1 aromatic heterocycles. The van der Waals surface area contributed by atoms with Gasteiger partial charge in [-0.1, -0.05) is 206 Å². The molecular formula is C59H36N2O. The summed E-state index contributed by atoms with van der Waals surface area (Å²) in [5.41, 5.74) is 15.3. The minimum atomic E-state index is -0.603. The lowest BCUT2D eigenvalue weighted by Crippen LogP contribution is -2.32. The van der Waals surface area contributed by atoms with Crippen LogP contribution in [0.15, 0.2) is 218 Å². The van der Waals surface area contributed by atoms with Crippen molar-refractivity contribution in [1.29, 1.82) is 0 Å². The molecule has 1 spiro atoms. The van der Waals surface area contributed by atoms with E-state index in [-0.39, 0.29) is 0 Å². The van der Waals surface area contributed by atoms with Gasteiger partial charge in [0.15, 0.2) is 5.82 Å². The molecule has 0 radical (unpaired) electrons. The highest BCUT2D eigenvalue weighted by molar-refractivity contribution is 6.00. The van der Waals surface area contributed by atoms with Gasteiger partial charge in [-0.25, -0.2) is 9.97 Å². The largest absolute Gasteiger partial charge is 0.455 e. The Morgan fingerprint density at radius 3 is 1.55 bits per heavy atom. The predicted octanol–water partition coefficient (Wildman–Crippen LogP) is 15.1. The van der Waals surface area contributed by atoms with Crippen molar-refractivity contribution in [1.82, 2.24) is 9.97 Å². The number of nitrogens with zero attached hydrogens (tertiary/aromatic N) is 2. The summed E-state index contributed by atoms with van der Waals surface area (Å²) >= 11 is 0. The second-order valence-electron chi connectivity index (χ2n) is 16.4. The molecule has 0 fully saturated rings. The Labute approximate surface area is 359 Å². The van der Waals surface area contributed by atoms with Gasteiger partial charge in [-0.2, -0.15) is 0 Å². The molecule has 1 aliphatic heterocycles. The van der Waals surface area contributed by atoms with Gasteiger partial charge < -0.3 is 4.74 Å². The molecule has 10 aromatic carbocycles. The Hall–Kier alpha value is -8.14. The lowest BCUT2D eigenvalue weighted by molar-refractivity contribution is 0.447. The first-order chi connectivity index (χ1) is 30.7. The summed E-state index contributed by atoms with van der Waals surface area (Å²) in [5.74, 6) is 2.56. The van der Waals surface area contributed by atoms with Gasteiger partial charge in [0.1, 0.15) is 11.5 Å². The molecule has 13 rings (SSSR count). The van der Waals surface area contributed by atoms with Crippen molar-refractivity contribution in [2.75, 3.05) is 0 Å². The van der Waals surface area contributed by atoms with Gasteiger partial charge in [0.25, 0.3) is 0 Å². The van der Waals surface area contributed by atoms with Crippen molar-refractivity contribution >= 4 is 32.4 Å². The van der Waals surface area contributed by atoms with Gasteiger partial charge in [0.2, 0.25) is 0 Å². The molecule has 0 bridgehead atoms. The van der Waals surface area contributed by atoms with E-state index in [1.54, 1.807) is 0 Å². The monoisotopic (exact) mass is 788 g/mol. The minimum absolute atomic E-state index is 0.603. The van der Waals surface area contributed by atoms with Crippen LogP contribution in [0.1, 0.15) is 22.3 Å². The third kappa shape index (κ3) is 5.06. The van der Waals surface area contributed by atoms with Crippen molar-refractivity contribution in [3.05, 3.63) is 241 Å². The van der Waals surface area contributed by atoms with Crippen molar-refractivity contribution in [3.63, 3.8) is 0 Å². The number of para-hydroxylation sites is 1. The van der Waals surface area contributed by atoms with E-state index in [0.717, 1.165) is 71.9 Å². The molecular weight excluding hydrogens is 753 g/mol. The molecule has 2 heterocycles. The fourth-order valence-corrected chi connectivity index (χ4v) is 10.3. The summed E-state index contributed by atoms with van der Waals surface area (Å²) in [6.07, 6.45) is 0. The van der Waals surface area contributed by atoms with Crippen LogP contribution >= 0.6 is 0 Å². The maximum Gasteiger partial charge on any atom is 0.160 e. The van der Waals surface area contributed by atoms with E-state index >= 15 is 0 Å². The van der Waals surface area contributed by atoms with Crippen LogP contribution in [0.5, 0.6) is 11.5 Å². The first-order valence-corrected chi connectivity index (χ1v) is 21.2. The number of aromatic nitrogens is 2. The van der Waals surface area contributed by atoms with Crippen molar-refractivity contribution in [3.8, 4) is 67.5 Å². The fraction of sp³-hybridized carbons (Fsp3) is 0.0169. The molecule has 3 nitrogen and oxygen atoms in total. The Morgan fingerprint density at radius 1 is 0.323 bits per heavy atom. The molecule has 288 valence electrons. The first kappa shape index (κ1) is 34.7. The molecule has 0 N–H and O–H groups in total. The molecule has 0 amide bonds. The van der Waals surface area contributed by atoms with Crippen LogP contribution in [0.2, 0.25) is 0 Å². The molecule has 0 unspecified atom stereocenters. The van der Waals surface area contributed by atoms with Crippen LogP contribution in [0.25, 0.3) is 88.5 Å². The zero-order chi connectivity index (χ0) is 40.8. The average molecular weight is 789 g/mol. The summed E-state index contributed by atoms with van der Waals surface area (Å²) in [6.45, 7) is 0. The highest BCUT2D eigenvalue weighted by atomic mass is 16.5. The summed E-state index contributed by atoms with van der Waals surface area (Å²) in [5, 5.41) is 5.58. The number of hydrogen-bond acceptors (Lipinski definition) is 3. The molecule has 62 heavy (non-hydrogen) atoms. The second-order valence-corrected chi connectivity index (χ2v) is 16.4. The first-order valence-electron chi connectivity index (χ1n) is 21.2. The third-order valence-corrected chi connectivity index (χ3v) is 13.2. The van der Waals surface area contributed by atoms with Gasteiger partial charge in [0, 0.05) is 38.4 Å². The standard InChI is InChI=1S/C59H36N2O/c1-2-12-37(13-3-1)38-24-28-43(29-25-38)58-60-54-21-11-9-19-49(54)55(61-58)42-26-22-39(23-27-42)44-30-33-48-47-18-8-10-20-50(47)59(53(48)36-44)51-34-31-40-14-4-6-16-45(40)56(51)62-57-46-17-7-5-15-41(46)32-35-52(57)59/h1-36H.